The van der Waals surface area contributed by atoms with Gasteiger partial charge in [-0.15, -0.1) is 0 Å². The molecule has 2 N–H and O–H groups in total. The van der Waals surface area contributed by atoms with E-state index in [2.05, 4.69) is 17.1 Å². The maximum atomic E-state index is 5.96. The highest BCUT2D eigenvalue weighted by molar-refractivity contribution is 5.73. The van der Waals surface area contributed by atoms with E-state index in [-0.39, 0.29) is 0 Å². The number of pyridine rings is 1. The largest absolute Gasteiger partial charge is 0.328 e. The number of hydrogen-bond donors (Lipinski definition) is 1. The van der Waals surface area contributed by atoms with Crippen LogP contribution in [0.5, 0.6) is 0 Å². The second-order valence-corrected chi connectivity index (χ2v) is 4.97. The van der Waals surface area contributed by atoms with E-state index in [1.54, 1.807) is 0 Å². The van der Waals surface area contributed by atoms with Crippen molar-refractivity contribution in [3.05, 3.63) is 35.7 Å². The molecule has 2 aliphatic carbocycles. The lowest BCUT2D eigenvalue weighted by Crippen LogP contribution is -2.26. The van der Waals surface area contributed by atoms with Crippen molar-refractivity contribution in [2.75, 3.05) is 0 Å². The zero-order valence-corrected chi connectivity index (χ0v) is 9.52. The van der Waals surface area contributed by atoms with E-state index in [0.717, 1.165) is 12.3 Å². The minimum absolute atomic E-state index is 0.437. The van der Waals surface area contributed by atoms with Gasteiger partial charge in [0.05, 0.1) is 5.69 Å². The molecule has 1 aromatic rings. The van der Waals surface area contributed by atoms with Crippen LogP contribution in [0, 0.1) is 5.92 Å². The molecule has 0 aliphatic heterocycles. The van der Waals surface area contributed by atoms with Gasteiger partial charge in [0.2, 0.25) is 0 Å². The molecule has 0 spiro atoms. The van der Waals surface area contributed by atoms with Crippen LogP contribution < -0.4 is 5.73 Å². The summed E-state index contributed by atoms with van der Waals surface area (Å²) < 4.78 is 0. The van der Waals surface area contributed by atoms with Crippen LogP contribution in [0.4, 0.5) is 0 Å². The van der Waals surface area contributed by atoms with Crippen molar-refractivity contribution in [1.82, 2.24) is 4.98 Å². The first-order valence-corrected chi connectivity index (χ1v) is 6.24. The molecule has 1 heterocycles. The van der Waals surface area contributed by atoms with Gasteiger partial charge in [-0.25, -0.2) is 0 Å². The van der Waals surface area contributed by atoms with Gasteiger partial charge in [0.1, 0.15) is 0 Å². The molecule has 0 unspecified atom stereocenters. The Kier molecular flexibility index (Phi) is 2.52. The van der Waals surface area contributed by atoms with Gasteiger partial charge < -0.3 is 5.73 Å². The molecule has 2 nitrogen and oxygen atoms in total. The third-order valence-corrected chi connectivity index (χ3v) is 3.93. The lowest BCUT2D eigenvalue weighted by Gasteiger charge is -2.27. The maximum Gasteiger partial charge on any atom is 0.0516 e. The fourth-order valence-corrected chi connectivity index (χ4v) is 3.00. The zero-order valence-electron chi connectivity index (χ0n) is 9.52. The third-order valence-electron chi connectivity index (χ3n) is 3.93. The van der Waals surface area contributed by atoms with Crippen LogP contribution in [0.15, 0.2) is 24.4 Å². The molecule has 0 radical (unpaired) electrons. The third kappa shape index (κ3) is 1.67. The van der Waals surface area contributed by atoms with Crippen LogP contribution in [-0.2, 0) is 6.42 Å². The Balaban J connectivity index is 1.82. The lowest BCUT2D eigenvalue weighted by molar-refractivity contribution is 0.384. The van der Waals surface area contributed by atoms with Crippen LogP contribution in [0.3, 0.4) is 0 Å². The van der Waals surface area contributed by atoms with Gasteiger partial charge in [0, 0.05) is 18.7 Å². The number of fused-ring (bicyclic) bond motifs is 1. The van der Waals surface area contributed by atoms with E-state index in [1.165, 1.54) is 42.5 Å². The minimum Gasteiger partial charge on any atom is -0.328 e. The SMILES string of the molecule is NC1CCC(C2=CCc3ncccc32)CC1. The molecule has 1 aromatic heterocycles. The summed E-state index contributed by atoms with van der Waals surface area (Å²) in [7, 11) is 0. The van der Waals surface area contributed by atoms with Gasteiger partial charge in [-0.05, 0) is 48.8 Å². The van der Waals surface area contributed by atoms with Crippen LogP contribution in [0.2, 0.25) is 0 Å². The number of nitrogens with zero attached hydrogens (tertiary/aromatic N) is 1. The highest BCUT2D eigenvalue weighted by Gasteiger charge is 2.26. The van der Waals surface area contributed by atoms with E-state index in [0.29, 0.717) is 6.04 Å². The number of nitrogens with two attached hydrogens (primary N) is 1. The molecule has 2 heteroatoms. The van der Waals surface area contributed by atoms with Crippen LogP contribution >= 0.6 is 0 Å². The summed E-state index contributed by atoms with van der Waals surface area (Å²) in [5.41, 5.74) is 10.1. The smallest absolute Gasteiger partial charge is 0.0516 e. The summed E-state index contributed by atoms with van der Waals surface area (Å²) in [5, 5.41) is 0. The Morgan fingerprint density at radius 1 is 1.19 bits per heavy atom. The van der Waals surface area contributed by atoms with Crippen LogP contribution in [-0.4, -0.2) is 11.0 Å². The first kappa shape index (κ1) is 10.0. The van der Waals surface area contributed by atoms with Crippen molar-refractivity contribution in [2.45, 2.75) is 38.1 Å². The highest BCUT2D eigenvalue weighted by atomic mass is 14.7. The van der Waals surface area contributed by atoms with Gasteiger partial charge in [0.15, 0.2) is 0 Å². The Labute approximate surface area is 96.6 Å². The quantitative estimate of drug-likeness (QED) is 0.780. The zero-order chi connectivity index (χ0) is 11.0. The summed E-state index contributed by atoms with van der Waals surface area (Å²) in [6.45, 7) is 0. The Bertz CT molecular complexity index is 414. The van der Waals surface area contributed by atoms with Crippen molar-refractivity contribution in [1.29, 1.82) is 0 Å². The first-order chi connectivity index (χ1) is 7.84. The van der Waals surface area contributed by atoms with Gasteiger partial charge in [0.25, 0.3) is 0 Å². The van der Waals surface area contributed by atoms with Crippen molar-refractivity contribution in [2.24, 2.45) is 11.7 Å². The van der Waals surface area contributed by atoms with Gasteiger partial charge in [-0.1, -0.05) is 12.1 Å². The monoisotopic (exact) mass is 214 g/mol. The van der Waals surface area contributed by atoms with Crippen molar-refractivity contribution in [3.63, 3.8) is 0 Å². The molecule has 84 valence electrons. The molecule has 2 aliphatic rings. The molecule has 0 bridgehead atoms. The Hall–Kier alpha value is -1.15. The van der Waals surface area contributed by atoms with Gasteiger partial charge in [-0.3, -0.25) is 4.98 Å². The van der Waals surface area contributed by atoms with E-state index in [1.807, 2.05) is 12.3 Å². The van der Waals surface area contributed by atoms with E-state index in [9.17, 15) is 0 Å². The molecule has 16 heavy (non-hydrogen) atoms. The predicted octanol–water partition coefficient (Wildman–Crippen LogP) is 2.54. The Morgan fingerprint density at radius 3 is 2.81 bits per heavy atom. The molecule has 1 fully saturated rings. The summed E-state index contributed by atoms with van der Waals surface area (Å²) in [5.74, 6) is 0.727. The van der Waals surface area contributed by atoms with Gasteiger partial charge in [-0.2, -0.15) is 0 Å². The molecule has 3 rings (SSSR count). The highest BCUT2D eigenvalue weighted by Crippen LogP contribution is 2.38. The fourth-order valence-electron chi connectivity index (χ4n) is 3.00. The summed E-state index contributed by atoms with van der Waals surface area (Å²) >= 11 is 0. The molecular weight excluding hydrogens is 196 g/mol. The van der Waals surface area contributed by atoms with Gasteiger partial charge >= 0.3 is 0 Å². The summed E-state index contributed by atoms with van der Waals surface area (Å²) in [6, 6.07) is 4.70. The van der Waals surface area contributed by atoms with E-state index >= 15 is 0 Å². The predicted molar refractivity (Wildman–Crippen MR) is 65.9 cm³/mol. The number of allylic oxidation sites excluding steroid dienone is 2. The topological polar surface area (TPSA) is 38.9 Å². The second-order valence-electron chi connectivity index (χ2n) is 4.97. The lowest BCUT2D eigenvalue weighted by atomic mass is 9.80. The van der Waals surface area contributed by atoms with E-state index in [4.69, 9.17) is 5.73 Å². The molecule has 0 saturated heterocycles. The van der Waals surface area contributed by atoms with Crippen molar-refractivity contribution >= 4 is 5.57 Å². The number of rotatable bonds is 1. The fraction of sp³-hybridized carbons (Fsp3) is 0.500. The first-order valence-electron chi connectivity index (χ1n) is 6.24. The van der Waals surface area contributed by atoms with Crippen molar-refractivity contribution in [3.8, 4) is 0 Å². The average molecular weight is 214 g/mol. The molecule has 1 saturated carbocycles. The number of hydrogen-bond acceptors (Lipinski definition) is 2. The number of aromatic nitrogens is 1. The second kappa shape index (κ2) is 4.02. The Morgan fingerprint density at radius 2 is 2.00 bits per heavy atom. The van der Waals surface area contributed by atoms with E-state index < -0.39 is 0 Å². The van der Waals surface area contributed by atoms with Crippen LogP contribution in [0.1, 0.15) is 36.9 Å². The summed E-state index contributed by atoms with van der Waals surface area (Å²) in [4.78, 5) is 4.44. The molecule has 0 atom stereocenters. The average Bonchev–Trinajstić information content (AvgIpc) is 2.74. The standard InChI is InChI=1S/C14H18N2/c15-11-5-3-10(4-6-11)12-7-8-14-13(12)2-1-9-16-14/h1-2,7,9-11H,3-6,8,15H2. The maximum absolute atomic E-state index is 5.96. The normalized spacial score (nSPS) is 28.7. The molecule has 0 amide bonds. The molecule has 0 aromatic carbocycles. The van der Waals surface area contributed by atoms with Crippen LogP contribution in [0.25, 0.3) is 5.57 Å². The minimum atomic E-state index is 0.437. The summed E-state index contributed by atoms with van der Waals surface area (Å²) in [6.07, 6.45) is 10.2. The molecular formula is C14H18N2. The van der Waals surface area contributed by atoms with Crippen molar-refractivity contribution < 1.29 is 0 Å².